The fourth-order valence-electron chi connectivity index (χ4n) is 3.71. The van der Waals surface area contributed by atoms with Gasteiger partial charge in [-0.2, -0.15) is 0 Å². The number of hydrogen-bond acceptors (Lipinski definition) is 3. The molecule has 0 saturated carbocycles. The topological polar surface area (TPSA) is 49.4 Å². The van der Waals surface area contributed by atoms with Crippen molar-refractivity contribution in [1.82, 2.24) is 10.2 Å². The monoisotopic (exact) mass is 526 g/mol. The Labute approximate surface area is 222 Å². The first kappa shape index (κ1) is 27.8. The minimum Gasteiger partial charge on any atom is -0.352 e. The smallest absolute Gasteiger partial charge is 0.243 e. The molecule has 0 saturated heterocycles. The van der Waals surface area contributed by atoms with E-state index >= 15 is 0 Å². The summed E-state index contributed by atoms with van der Waals surface area (Å²) in [6.45, 7) is 4.18. The third-order valence-electron chi connectivity index (χ3n) is 5.94. The van der Waals surface area contributed by atoms with Crippen LogP contribution >= 0.6 is 23.4 Å². The first-order valence-corrected chi connectivity index (χ1v) is 13.5. The van der Waals surface area contributed by atoms with Crippen LogP contribution in [0.3, 0.4) is 0 Å². The molecule has 0 bridgehead atoms. The quantitative estimate of drug-likeness (QED) is 0.273. The van der Waals surface area contributed by atoms with Gasteiger partial charge in [0.05, 0.1) is 0 Å². The minimum absolute atomic E-state index is 0.0148. The fourth-order valence-corrected chi connectivity index (χ4v) is 4.68. The molecule has 3 aromatic carbocycles. The number of benzene rings is 3. The number of amides is 2. The summed E-state index contributed by atoms with van der Waals surface area (Å²) < 4.78 is 13.5. The summed E-state index contributed by atoms with van der Waals surface area (Å²) in [6.07, 6.45) is 1.43. The number of carbonyl (C=O) groups is 2. The Balaban J connectivity index is 1.84. The molecule has 0 spiro atoms. The van der Waals surface area contributed by atoms with Crippen LogP contribution in [0, 0.1) is 5.82 Å². The second-order valence-corrected chi connectivity index (χ2v) is 10.3. The van der Waals surface area contributed by atoms with Crippen molar-refractivity contribution in [1.29, 1.82) is 0 Å². The number of thioether (sulfide) groups is 1. The molecule has 0 heterocycles. The lowest BCUT2D eigenvalue weighted by atomic mass is 10.0. The maximum absolute atomic E-state index is 13.6. The lowest BCUT2D eigenvalue weighted by Gasteiger charge is -2.32. The average molecular weight is 527 g/mol. The van der Waals surface area contributed by atoms with Crippen molar-refractivity contribution in [2.75, 3.05) is 5.75 Å². The molecule has 3 rings (SSSR count). The first-order chi connectivity index (χ1) is 17.4. The molecular formula is C29H32ClFN2O2S. The lowest BCUT2D eigenvalue weighted by Crippen LogP contribution is -2.52. The van der Waals surface area contributed by atoms with E-state index in [0.29, 0.717) is 17.2 Å². The summed E-state index contributed by atoms with van der Waals surface area (Å²) in [6, 6.07) is 22.5. The number of carbonyl (C=O) groups excluding carboxylic acids is 2. The zero-order chi connectivity index (χ0) is 25.9. The van der Waals surface area contributed by atoms with Crippen LogP contribution in [0.1, 0.15) is 37.8 Å². The van der Waals surface area contributed by atoms with Gasteiger partial charge in [0.1, 0.15) is 11.9 Å². The van der Waals surface area contributed by atoms with E-state index in [1.807, 2.05) is 68.4 Å². The summed E-state index contributed by atoms with van der Waals surface area (Å²) >= 11 is 7.54. The van der Waals surface area contributed by atoms with E-state index in [-0.39, 0.29) is 36.6 Å². The van der Waals surface area contributed by atoms with Gasteiger partial charge < -0.3 is 10.2 Å². The van der Waals surface area contributed by atoms with Gasteiger partial charge in [0.2, 0.25) is 11.8 Å². The van der Waals surface area contributed by atoms with Crippen molar-refractivity contribution in [2.45, 2.75) is 56.6 Å². The van der Waals surface area contributed by atoms with E-state index in [1.165, 1.54) is 12.1 Å². The van der Waals surface area contributed by atoms with E-state index in [0.717, 1.165) is 22.4 Å². The van der Waals surface area contributed by atoms with Gasteiger partial charge in [-0.05, 0) is 60.9 Å². The van der Waals surface area contributed by atoms with Crippen LogP contribution in [-0.2, 0) is 22.6 Å². The number of nitrogens with one attached hydrogen (secondary N) is 1. The fraction of sp³-hybridized carbons (Fsp3) is 0.310. The van der Waals surface area contributed by atoms with Crippen LogP contribution in [0.2, 0.25) is 5.02 Å². The van der Waals surface area contributed by atoms with Crippen LogP contribution in [-0.4, -0.2) is 34.6 Å². The highest BCUT2D eigenvalue weighted by atomic mass is 35.5. The van der Waals surface area contributed by atoms with E-state index < -0.39 is 6.04 Å². The van der Waals surface area contributed by atoms with Gasteiger partial charge in [0.15, 0.2) is 0 Å². The Morgan fingerprint density at radius 1 is 0.972 bits per heavy atom. The molecule has 0 aromatic heterocycles. The average Bonchev–Trinajstić information content (AvgIpc) is 2.88. The van der Waals surface area contributed by atoms with Gasteiger partial charge in [-0.1, -0.05) is 61.0 Å². The second kappa shape index (κ2) is 14.0. The van der Waals surface area contributed by atoms with Crippen LogP contribution < -0.4 is 5.32 Å². The standard InChI is InChI=1S/C29H32ClFN2O2S/c1-3-21(2)32-29(35)27(19-22-7-5-4-6-8-22)33(20-23-9-13-25(31)14-10-23)28(34)17-18-36-26-15-11-24(30)12-16-26/h4-16,21,27H,3,17-20H2,1-2H3,(H,32,35)/t21-,27+/m1/s1. The van der Waals surface area contributed by atoms with Crippen LogP contribution in [0.25, 0.3) is 0 Å². The van der Waals surface area contributed by atoms with Gasteiger partial charge in [0.25, 0.3) is 0 Å². The van der Waals surface area contributed by atoms with E-state index in [1.54, 1.807) is 28.8 Å². The zero-order valence-corrected chi connectivity index (χ0v) is 22.2. The summed E-state index contributed by atoms with van der Waals surface area (Å²) in [5.41, 5.74) is 1.73. The molecule has 0 radical (unpaired) electrons. The van der Waals surface area contributed by atoms with Gasteiger partial charge >= 0.3 is 0 Å². The molecule has 0 aliphatic rings. The Morgan fingerprint density at radius 3 is 2.28 bits per heavy atom. The molecule has 190 valence electrons. The highest BCUT2D eigenvalue weighted by Crippen LogP contribution is 2.23. The van der Waals surface area contributed by atoms with E-state index in [9.17, 15) is 14.0 Å². The Morgan fingerprint density at radius 2 is 1.64 bits per heavy atom. The van der Waals surface area contributed by atoms with Gasteiger partial charge in [0, 0.05) is 41.1 Å². The van der Waals surface area contributed by atoms with E-state index in [2.05, 4.69) is 5.32 Å². The maximum atomic E-state index is 13.6. The normalized spacial score (nSPS) is 12.6. The number of nitrogens with zero attached hydrogens (tertiary/aromatic N) is 1. The molecule has 2 amide bonds. The first-order valence-electron chi connectivity index (χ1n) is 12.1. The van der Waals surface area contributed by atoms with Crippen molar-refractivity contribution in [3.63, 3.8) is 0 Å². The molecule has 3 aromatic rings. The molecular weight excluding hydrogens is 495 g/mol. The summed E-state index contributed by atoms with van der Waals surface area (Å²) in [5, 5.41) is 3.72. The molecule has 4 nitrogen and oxygen atoms in total. The third-order valence-corrected chi connectivity index (χ3v) is 7.20. The highest BCUT2D eigenvalue weighted by Gasteiger charge is 2.30. The van der Waals surface area contributed by atoms with Crippen molar-refractivity contribution in [2.24, 2.45) is 0 Å². The summed E-state index contributed by atoms with van der Waals surface area (Å²) in [4.78, 5) is 29.7. The summed E-state index contributed by atoms with van der Waals surface area (Å²) in [7, 11) is 0. The number of rotatable bonds is 12. The van der Waals surface area contributed by atoms with E-state index in [4.69, 9.17) is 11.6 Å². The molecule has 0 fully saturated rings. The lowest BCUT2D eigenvalue weighted by molar-refractivity contribution is -0.141. The highest BCUT2D eigenvalue weighted by molar-refractivity contribution is 7.99. The number of halogens is 2. The predicted molar refractivity (Wildman–Crippen MR) is 146 cm³/mol. The molecule has 0 aliphatic carbocycles. The van der Waals surface area contributed by atoms with Gasteiger partial charge in [-0.25, -0.2) is 4.39 Å². The van der Waals surface area contributed by atoms with Crippen molar-refractivity contribution in [3.05, 3.63) is 101 Å². The Bertz CT molecular complexity index is 1110. The van der Waals surface area contributed by atoms with Crippen LogP contribution in [0.15, 0.2) is 83.8 Å². The molecule has 2 atom stereocenters. The van der Waals surface area contributed by atoms with Crippen molar-refractivity contribution < 1.29 is 14.0 Å². The molecule has 0 aliphatic heterocycles. The van der Waals surface area contributed by atoms with Crippen molar-refractivity contribution >= 4 is 35.2 Å². The Hall–Kier alpha value is -2.83. The van der Waals surface area contributed by atoms with Crippen molar-refractivity contribution in [3.8, 4) is 0 Å². The zero-order valence-electron chi connectivity index (χ0n) is 20.6. The predicted octanol–water partition coefficient (Wildman–Crippen LogP) is 6.52. The number of hydrogen-bond donors (Lipinski definition) is 1. The molecule has 1 N–H and O–H groups in total. The second-order valence-electron chi connectivity index (χ2n) is 8.72. The summed E-state index contributed by atoms with van der Waals surface area (Å²) in [5.74, 6) is -0.0906. The largest absolute Gasteiger partial charge is 0.352 e. The minimum atomic E-state index is -0.695. The molecule has 7 heteroatoms. The maximum Gasteiger partial charge on any atom is 0.243 e. The Kier molecular flexibility index (Phi) is 10.8. The van der Waals surface area contributed by atoms with Gasteiger partial charge in [-0.3, -0.25) is 9.59 Å². The SMILES string of the molecule is CC[C@@H](C)NC(=O)[C@H](Cc1ccccc1)N(Cc1ccc(F)cc1)C(=O)CCSc1ccc(Cl)cc1. The van der Waals surface area contributed by atoms with Crippen LogP contribution in [0.5, 0.6) is 0 Å². The van der Waals surface area contributed by atoms with Crippen LogP contribution in [0.4, 0.5) is 4.39 Å². The third kappa shape index (κ3) is 8.68. The molecule has 0 unspecified atom stereocenters. The van der Waals surface area contributed by atoms with Gasteiger partial charge in [-0.15, -0.1) is 11.8 Å². The molecule has 36 heavy (non-hydrogen) atoms.